The van der Waals surface area contributed by atoms with Gasteiger partial charge in [-0.05, 0) is 38.1 Å². The second kappa shape index (κ2) is 7.07. The molecule has 1 heterocycles. The Labute approximate surface area is 127 Å². The summed E-state index contributed by atoms with van der Waals surface area (Å²) in [6.45, 7) is 7.88. The monoisotopic (exact) mass is 292 g/mol. The van der Waals surface area contributed by atoms with Gasteiger partial charge in [0.1, 0.15) is 0 Å². The minimum absolute atomic E-state index is 0.0115. The molecular weight excluding hydrogens is 264 g/mol. The molecule has 1 saturated carbocycles. The summed E-state index contributed by atoms with van der Waals surface area (Å²) in [5, 5.41) is 7.51. The van der Waals surface area contributed by atoms with Crippen LogP contribution in [0.4, 0.5) is 0 Å². The first-order chi connectivity index (χ1) is 10.0. The molecule has 3 N–H and O–H groups in total. The van der Waals surface area contributed by atoms with Gasteiger partial charge in [0.25, 0.3) is 5.91 Å². The summed E-state index contributed by atoms with van der Waals surface area (Å²) >= 11 is 0. The summed E-state index contributed by atoms with van der Waals surface area (Å²) in [5.41, 5.74) is 7.14. The van der Waals surface area contributed by atoms with Crippen molar-refractivity contribution in [1.29, 1.82) is 0 Å². The van der Waals surface area contributed by atoms with E-state index in [1.54, 1.807) is 6.20 Å². The smallest absolute Gasteiger partial charge is 0.254 e. The highest BCUT2D eigenvalue weighted by Crippen LogP contribution is 2.29. The minimum atomic E-state index is 0.0115. The number of rotatable bonds is 5. The van der Waals surface area contributed by atoms with E-state index >= 15 is 0 Å². The lowest BCUT2D eigenvalue weighted by Crippen LogP contribution is -2.43. The van der Waals surface area contributed by atoms with Gasteiger partial charge in [-0.1, -0.05) is 26.7 Å². The lowest BCUT2D eigenvalue weighted by molar-refractivity contribution is 0.0890. The molecule has 5 nitrogen and oxygen atoms in total. The number of carbonyl (C=O) groups excluding carboxylic acids is 1. The molecule has 0 saturated heterocycles. The number of aromatic nitrogens is 2. The number of hydrogen-bond acceptors (Lipinski definition) is 3. The van der Waals surface area contributed by atoms with E-state index in [9.17, 15) is 4.79 Å². The third-order valence-corrected chi connectivity index (χ3v) is 4.95. The van der Waals surface area contributed by atoms with Crippen LogP contribution in [0.5, 0.6) is 0 Å². The largest absolute Gasteiger partial charge is 0.349 e. The predicted octanol–water partition coefficient (Wildman–Crippen LogP) is 2.09. The highest BCUT2D eigenvalue weighted by atomic mass is 16.1. The van der Waals surface area contributed by atoms with E-state index in [1.807, 2.05) is 11.6 Å². The maximum absolute atomic E-state index is 12.5. The maximum Gasteiger partial charge on any atom is 0.254 e. The van der Waals surface area contributed by atoms with Crippen molar-refractivity contribution in [2.45, 2.75) is 59.0 Å². The van der Waals surface area contributed by atoms with Crippen molar-refractivity contribution in [2.24, 2.45) is 17.6 Å². The molecule has 5 heteroatoms. The highest BCUT2D eigenvalue weighted by Gasteiger charge is 2.29. The number of carbonyl (C=O) groups is 1. The Bertz CT molecular complexity index is 483. The molecule has 1 amide bonds. The van der Waals surface area contributed by atoms with Crippen LogP contribution in [0, 0.1) is 18.8 Å². The summed E-state index contributed by atoms with van der Waals surface area (Å²) in [5.74, 6) is 1.23. The average molecular weight is 292 g/mol. The van der Waals surface area contributed by atoms with Crippen LogP contribution in [-0.4, -0.2) is 28.3 Å². The fraction of sp³-hybridized carbons (Fsp3) is 0.750. The SMILES string of the molecule is Cc1c(C(=O)NC2CCCC(C)C2C)cnn1CCCN. The van der Waals surface area contributed by atoms with E-state index in [2.05, 4.69) is 24.3 Å². The quantitative estimate of drug-likeness (QED) is 0.873. The summed E-state index contributed by atoms with van der Waals surface area (Å²) in [4.78, 5) is 12.5. The highest BCUT2D eigenvalue weighted by molar-refractivity contribution is 5.95. The fourth-order valence-electron chi connectivity index (χ4n) is 3.17. The first kappa shape index (κ1) is 16.0. The Balaban J connectivity index is 2.01. The van der Waals surface area contributed by atoms with E-state index < -0.39 is 0 Å². The van der Waals surface area contributed by atoms with E-state index in [4.69, 9.17) is 5.73 Å². The van der Waals surface area contributed by atoms with Gasteiger partial charge in [-0.3, -0.25) is 9.48 Å². The van der Waals surface area contributed by atoms with Gasteiger partial charge in [0.05, 0.1) is 11.8 Å². The van der Waals surface area contributed by atoms with Crippen molar-refractivity contribution in [1.82, 2.24) is 15.1 Å². The lowest BCUT2D eigenvalue weighted by atomic mass is 9.78. The van der Waals surface area contributed by atoms with Crippen LogP contribution in [0.15, 0.2) is 6.20 Å². The van der Waals surface area contributed by atoms with Gasteiger partial charge in [0, 0.05) is 18.3 Å². The van der Waals surface area contributed by atoms with E-state index in [1.165, 1.54) is 12.8 Å². The molecule has 0 aromatic carbocycles. The molecule has 2 rings (SSSR count). The maximum atomic E-state index is 12.5. The second-order valence-electron chi connectivity index (χ2n) is 6.36. The van der Waals surface area contributed by atoms with Gasteiger partial charge >= 0.3 is 0 Å². The van der Waals surface area contributed by atoms with Crippen LogP contribution in [0.2, 0.25) is 0 Å². The van der Waals surface area contributed by atoms with Crippen molar-refractivity contribution >= 4 is 5.91 Å². The molecule has 0 radical (unpaired) electrons. The van der Waals surface area contributed by atoms with Gasteiger partial charge in [-0.2, -0.15) is 5.10 Å². The molecule has 1 fully saturated rings. The van der Waals surface area contributed by atoms with Crippen molar-refractivity contribution in [3.63, 3.8) is 0 Å². The van der Waals surface area contributed by atoms with Gasteiger partial charge in [-0.25, -0.2) is 0 Å². The third kappa shape index (κ3) is 3.64. The Morgan fingerprint density at radius 2 is 2.24 bits per heavy atom. The molecule has 1 aromatic heterocycles. The Kier molecular flexibility index (Phi) is 5.39. The van der Waals surface area contributed by atoms with Crippen LogP contribution in [0.3, 0.4) is 0 Å². The number of aryl methyl sites for hydroxylation is 1. The van der Waals surface area contributed by atoms with Crippen molar-refractivity contribution in [3.05, 3.63) is 17.5 Å². The standard InChI is InChI=1S/C16H28N4O/c1-11-6-4-7-15(12(11)2)19-16(21)14-10-18-20(13(14)3)9-5-8-17/h10-12,15H,4-9,17H2,1-3H3,(H,19,21). The average Bonchev–Trinajstić information content (AvgIpc) is 2.83. The number of nitrogens with zero attached hydrogens (tertiary/aromatic N) is 2. The van der Waals surface area contributed by atoms with Crippen LogP contribution < -0.4 is 11.1 Å². The van der Waals surface area contributed by atoms with Crippen molar-refractivity contribution in [2.75, 3.05) is 6.54 Å². The molecule has 0 spiro atoms. The summed E-state index contributed by atoms with van der Waals surface area (Å²) < 4.78 is 1.87. The predicted molar refractivity (Wildman–Crippen MR) is 84.1 cm³/mol. The number of amides is 1. The molecule has 1 aromatic rings. The van der Waals surface area contributed by atoms with E-state index in [0.717, 1.165) is 25.1 Å². The topological polar surface area (TPSA) is 72.9 Å². The zero-order valence-electron chi connectivity index (χ0n) is 13.4. The van der Waals surface area contributed by atoms with E-state index in [-0.39, 0.29) is 11.9 Å². The van der Waals surface area contributed by atoms with E-state index in [0.29, 0.717) is 23.9 Å². The first-order valence-corrected chi connectivity index (χ1v) is 8.08. The fourth-order valence-corrected chi connectivity index (χ4v) is 3.17. The van der Waals surface area contributed by atoms with Gasteiger partial charge in [0.2, 0.25) is 0 Å². The number of hydrogen-bond donors (Lipinski definition) is 2. The number of nitrogens with one attached hydrogen (secondary N) is 1. The molecule has 1 aliphatic carbocycles. The van der Waals surface area contributed by atoms with Crippen LogP contribution in [0.25, 0.3) is 0 Å². The van der Waals surface area contributed by atoms with Crippen molar-refractivity contribution < 1.29 is 4.79 Å². The Hall–Kier alpha value is -1.36. The molecular formula is C16H28N4O. The number of nitrogens with two attached hydrogens (primary N) is 1. The summed E-state index contributed by atoms with van der Waals surface area (Å²) in [7, 11) is 0. The molecule has 0 aliphatic heterocycles. The first-order valence-electron chi connectivity index (χ1n) is 8.08. The molecule has 118 valence electrons. The third-order valence-electron chi connectivity index (χ3n) is 4.95. The van der Waals surface area contributed by atoms with Gasteiger partial charge < -0.3 is 11.1 Å². The van der Waals surface area contributed by atoms with Crippen LogP contribution in [-0.2, 0) is 6.54 Å². The minimum Gasteiger partial charge on any atom is -0.349 e. The van der Waals surface area contributed by atoms with Crippen LogP contribution >= 0.6 is 0 Å². The molecule has 21 heavy (non-hydrogen) atoms. The van der Waals surface area contributed by atoms with Crippen LogP contribution in [0.1, 0.15) is 55.6 Å². The van der Waals surface area contributed by atoms with Crippen molar-refractivity contribution in [3.8, 4) is 0 Å². The second-order valence-corrected chi connectivity index (χ2v) is 6.36. The van der Waals surface area contributed by atoms with Gasteiger partial charge in [0.15, 0.2) is 0 Å². The Morgan fingerprint density at radius 1 is 1.48 bits per heavy atom. The molecule has 3 unspecified atom stereocenters. The normalized spacial score (nSPS) is 25.8. The summed E-state index contributed by atoms with van der Waals surface area (Å²) in [6.07, 6.45) is 6.10. The summed E-state index contributed by atoms with van der Waals surface area (Å²) in [6, 6.07) is 0.285. The molecule has 1 aliphatic rings. The Morgan fingerprint density at radius 3 is 2.95 bits per heavy atom. The van der Waals surface area contributed by atoms with Gasteiger partial charge in [-0.15, -0.1) is 0 Å². The zero-order valence-corrected chi connectivity index (χ0v) is 13.4. The lowest BCUT2D eigenvalue weighted by Gasteiger charge is -2.34. The molecule has 0 bridgehead atoms. The molecule has 3 atom stereocenters. The zero-order chi connectivity index (χ0) is 15.4.